The lowest BCUT2D eigenvalue weighted by atomic mass is 9.96. The van der Waals surface area contributed by atoms with E-state index in [-0.39, 0.29) is 5.91 Å². The lowest BCUT2D eigenvalue weighted by molar-refractivity contribution is 0.0242. The van der Waals surface area contributed by atoms with Crippen molar-refractivity contribution in [1.82, 2.24) is 14.4 Å². The summed E-state index contributed by atoms with van der Waals surface area (Å²) in [6, 6.07) is 7.94. The molecule has 0 saturated carbocycles. The maximum atomic E-state index is 13.1. The number of rotatable bonds is 4. The van der Waals surface area contributed by atoms with Gasteiger partial charge in [-0.3, -0.25) is 9.69 Å². The molecule has 4 rings (SSSR count). The normalized spacial score (nSPS) is 19.6. The number of aryl methyl sites for hydroxylation is 1. The van der Waals surface area contributed by atoms with Crippen LogP contribution in [0.2, 0.25) is 0 Å². The van der Waals surface area contributed by atoms with Gasteiger partial charge in [0.25, 0.3) is 5.91 Å². The standard InChI is InChI=1S/C21H29N3O3/c1-22-19-14-18(26-2)4-3-17(19)13-20(22)21(25)24-7-5-16(6-8-24)15-23-9-11-27-12-10-23/h3-4,13-14,16H,5-12,15H2,1-2H3. The van der Waals surface area contributed by atoms with E-state index in [1.807, 2.05) is 40.8 Å². The van der Waals surface area contributed by atoms with Crippen molar-refractivity contribution < 1.29 is 14.3 Å². The highest BCUT2D eigenvalue weighted by Crippen LogP contribution is 2.26. The Morgan fingerprint density at radius 3 is 2.59 bits per heavy atom. The minimum Gasteiger partial charge on any atom is -0.497 e. The summed E-state index contributed by atoms with van der Waals surface area (Å²) >= 11 is 0. The lowest BCUT2D eigenvalue weighted by Crippen LogP contribution is -2.44. The number of benzene rings is 1. The van der Waals surface area contributed by atoms with Gasteiger partial charge in [-0.15, -0.1) is 0 Å². The first-order chi connectivity index (χ1) is 13.2. The smallest absolute Gasteiger partial charge is 0.270 e. The average Bonchev–Trinajstić information content (AvgIpc) is 3.05. The Kier molecular flexibility index (Phi) is 5.36. The van der Waals surface area contributed by atoms with Crippen molar-refractivity contribution in [1.29, 1.82) is 0 Å². The molecule has 1 amide bonds. The van der Waals surface area contributed by atoms with Gasteiger partial charge in [0.05, 0.1) is 25.8 Å². The van der Waals surface area contributed by atoms with Crippen molar-refractivity contribution >= 4 is 16.8 Å². The van der Waals surface area contributed by atoms with Gasteiger partial charge < -0.3 is 18.9 Å². The number of ether oxygens (including phenoxy) is 2. The number of hydrogen-bond acceptors (Lipinski definition) is 4. The monoisotopic (exact) mass is 371 g/mol. The van der Waals surface area contributed by atoms with Gasteiger partial charge in [-0.25, -0.2) is 0 Å². The highest BCUT2D eigenvalue weighted by molar-refractivity contribution is 5.99. The molecule has 6 nitrogen and oxygen atoms in total. The Labute approximate surface area is 160 Å². The van der Waals surface area contributed by atoms with E-state index >= 15 is 0 Å². The van der Waals surface area contributed by atoms with Crippen molar-refractivity contribution in [2.45, 2.75) is 12.8 Å². The number of morpholine rings is 1. The molecule has 0 N–H and O–H groups in total. The number of nitrogens with zero attached hydrogens (tertiary/aromatic N) is 3. The second kappa shape index (κ2) is 7.90. The number of likely N-dealkylation sites (tertiary alicyclic amines) is 1. The van der Waals surface area contributed by atoms with Crippen LogP contribution in [0.1, 0.15) is 23.3 Å². The molecule has 3 heterocycles. The van der Waals surface area contributed by atoms with Gasteiger partial charge >= 0.3 is 0 Å². The zero-order valence-corrected chi connectivity index (χ0v) is 16.3. The molecule has 0 atom stereocenters. The second-order valence-electron chi connectivity index (χ2n) is 7.66. The van der Waals surface area contributed by atoms with Crippen LogP contribution in [0.5, 0.6) is 5.75 Å². The molecule has 146 valence electrons. The van der Waals surface area contributed by atoms with E-state index in [4.69, 9.17) is 9.47 Å². The molecular formula is C21H29N3O3. The number of aromatic nitrogens is 1. The van der Waals surface area contributed by atoms with E-state index in [0.29, 0.717) is 5.92 Å². The number of methoxy groups -OCH3 is 1. The van der Waals surface area contributed by atoms with Gasteiger partial charge in [0.15, 0.2) is 0 Å². The number of amides is 1. The molecule has 27 heavy (non-hydrogen) atoms. The quantitative estimate of drug-likeness (QED) is 0.828. The summed E-state index contributed by atoms with van der Waals surface area (Å²) in [5.41, 5.74) is 1.78. The summed E-state index contributed by atoms with van der Waals surface area (Å²) in [7, 11) is 3.62. The molecule has 0 bridgehead atoms. The minimum atomic E-state index is 0.137. The molecule has 0 radical (unpaired) electrons. The van der Waals surface area contributed by atoms with Crippen molar-refractivity contribution in [3.8, 4) is 5.75 Å². The molecule has 1 aromatic carbocycles. The summed E-state index contributed by atoms with van der Waals surface area (Å²) in [6.45, 7) is 6.61. The first-order valence-corrected chi connectivity index (χ1v) is 9.88. The van der Waals surface area contributed by atoms with Gasteiger partial charge in [0, 0.05) is 51.2 Å². The van der Waals surface area contributed by atoms with Crippen molar-refractivity contribution in [2.75, 3.05) is 53.0 Å². The van der Waals surface area contributed by atoms with Crippen molar-refractivity contribution in [3.05, 3.63) is 30.0 Å². The molecule has 2 fully saturated rings. The number of fused-ring (bicyclic) bond motifs is 1. The highest BCUT2D eigenvalue weighted by Gasteiger charge is 2.27. The van der Waals surface area contributed by atoms with Crippen LogP contribution >= 0.6 is 0 Å². The fourth-order valence-corrected chi connectivity index (χ4v) is 4.27. The third-order valence-electron chi connectivity index (χ3n) is 5.99. The van der Waals surface area contributed by atoms with Crippen LogP contribution in [0, 0.1) is 5.92 Å². The van der Waals surface area contributed by atoms with Crippen LogP contribution < -0.4 is 4.74 Å². The lowest BCUT2D eigenvalue weighted by Gasteiger charge is -2.36. The molecular weight excluding hydrogens is 342 g/mol. The summed E-state index contributed by atoms with van der Waals surface area (Å²) < 4.78 is 12.7. The Bertz CT molecular complexity index is 802. The van der Waals surface area contributed by atoms with Crippen LogP contribution in [0.3, 0.4) is 0 Å². The van der Waals surface area contributed by atoms with Crippen LogP contribution in [0.25, 0.3) is 10.9 Å². The Balaban J connectivity index is 1.40. The first-order valence-electron chi connectivity index (χ1n) is 9.88. The molecule has 1 aromatic heterocycles. The predicted octanol–water partition coefficient (Wildman–Crippen LogP) is 2.37. The topological polar surface area (TPSA) is 46.9 Å². The van der Waals surface area contributed by atoms with Crippen molar-refractivity contribution in [2.24, 2.45) is 13.0 Å². The SMILES string of the molecule is COc1ccc2cc(C(=O)N3CCC(CN4CCOCC4)CC3)n(C)c2c1. The Morgan fingerprint density at radius 1 is 1.15 bits per heavy atom. The molecule has 2 aromatic rings. The number of carbonyl (C=O) groups is 1. The fraction of sp³-hybridized carbons (Fsp3) is 0.571. The summed E-state index contributed by atoms with van der Waals surface area (Å²) in [5.74, 6) is 1.63. The highest BCUT2D eigenvalue weighted by atomic mass is 16.5. The molecule has 0 aliphatic carbocycles. The molecule has 6 heteroatoms. The van der Waals surface area contributed by atoms with E-state index in [9.17, 15) is 4.79 Å². The van der Waals surface area contributed by atoms with E-state index in [0.717, 1.165) is 81.1 Å². The molecule has 2 aliphatic rings. The maximum absolute atomic E-state index is 13.1. The number of carbonyl (C=O) groups excluding carboxylic acids is 1. The molecule has 2 saturated heterocycles. The van der Waals surface area contributed by atoms with Gasteiger partial charge in [0.2, 0.25) is 0 Å². The largest absolute Gasteiger partial charge is 0.497 e. The number of hydrogen-bond donors (Lipinski definition) is 0. The first kappa shape index (κ1) is 18.3. The second-order valence-corrected chi connectivity index (χ2v) is 7.66. The molecule has 2 aliphatic heterocycles. The molecule has 0 unspecified atom stereocenters. The Hall–Kier alpha value is -2.05. The van der Waals surface area contributed by atoms with Crippen LogP contribution in [-0.2, 0) is 11.8 Å². The zero-order chi connectivity index (χ0) is 18.8. The van der Waals surface area contributed by atoms with Gasteiger partial charge in [-0.1, -0.05) is 0 Å². The van der Waals surface area contributed by atoms with E-state index in [1.54, 1.807) is 7.11 Å². The summed E-state index contributed by atoms with van der Waals surface area (Å²) in [4.78, 5) is 17.6. The van der Waals surface area contributed by atoms with Crippen LogP contribution in [-0.4, -0.2) is 73.3 Å². The Morgan fingerprint density at radius 2 is 1.89 bits per heavy atom. The number of piperidine rings is 1. The summed E-state index contributed by atoms with van der Waals surface area (Å²) in [5, 5.41) is 1.07. The fourth-order valence-electron chi connectivity index (χ4n) is 4.27. The summed E-state index contributed by atoms with van der Waals surface area (Å²) in [6.07, 6.45) is 2.17. The van der Waals surface area contributed by atoms with E-state index in [2.05, 4.69) is 4.90 Å². The third kappa shape index (κ3) is 3.82. The average molecular weight is 371 g/mol. The zero-order valence-electron chi connectivity index (χ0n) is 16.3. The van der Waals surface area contributed by atoms with Crippen molar-refractivity contribution in [3.63, 3.8) is 0 Å². The minimum absolute atomic E-state index is 0.137. The maximum Gasteiger partial charge on any atom is 0.270 e. The predicted molar refractivity (Wildman–Crippen MR) is 105 cm³/mol. The van der Waals surface area contributed by atoms with Gasteiger partial charge in [0.1, 0.15) is 11.4 Å². The van der Waals surface area contributed by atoms with Crippen LogP contribution in [0.15, 0.2) is 24.3 Å². The third-order valence-corrected chi connectivity index (χ3v) is 5.99. The van der Waals surface area contributed by atoms with E-state index in [1.165, 1.54) is 0 Å². The van der Waals surface area contributed by atoms with E-state index < -0.39 is 0 Å². The molecule has 0 spiro atoms. The van der Waals surface area contributed by atoms with Gasteiger partial charge in [-0.05, 0) is 37.0 Å². The van der Waals surface area contributed by atoms with Crippen LogP contribution in [0.4, 0.5) is 0 Å². The van der Waals surface area contributed by atoms with Gasteiger partial charge in [-0.2, -0.15) is 0 Å².